The lowest BCUT2D eigenvalue weighted by atomic mass is 9.76. The Hall–Kier alpha value is -3.07. The molecule has 0 fully saturated rings. The highest BCUT2D eigenvalue weighted by Gasteiger charge is 2.29. The van der Waals surface area contributed by atoms with Crippen LogP contribution in [0.15, 0.2) is 96.2 Å². The van der Waals surface area contributed by atoms with Crippen molar-refractivity contribution in [2.24, 2.45) is 5.41 Å². The van der Waals surface area contributed by atoms with E-state index < -0.39 is 5.97 Å². The Labute approximate surface area is 167 Å². The Bertz CT molecular complexity index is 855. The molecule has 0 heterocycles. The maximum absolute atomic E-state index is 11.2. The van der Waals surface area contributed by atoms with Gasteiger partial charge in [-0.25, -0.2) is 4.79 Å². The van der Waals surface area contributed by atoms with Crippen LogP contribution in [0.4, 0.5) is 0 Å². The van der Waals surface area contributed by atoms with E-state index in [0.29, 0.717) is 0 Å². The Morgan fingerprint density at radius 1 is 1.04 bits per heavy atom. The lowest BCUT2D eigenvalue weighted by molar-refractivity contribution is -0.131. The molecule has 2 aromatic rings. The normalized spacial score (nSPS) is 19.2. The van der Waals surface area contributed by atoms with Crippen molar-refractivity contribution in [3.05, 3.63) is 107 Å². The molecule has 3 rings (SSSR count). The lowest BCUT2D eigenvalue weighted by Crippen LogP contribution is -2.29. The molecule has 0 aromatic heterocycles. The van der Waals surface area contributed by atoms with Crippen molar-refractivity contribution < 1.29 is 9.90 Å². The highest BCUT2D eigenvalue weighted by molar-refractivity contribution is 5.81. The van der Waals surface area contributed by atoms with Gasteiger partial charge in [0.15, 0.2) is 0 Å². The van der Waals surface area contributed by atoms with E-state index in [9.17, 15) is 4.79 Å². The van der Waals surface area contributed by atoms with Gasteiger partial charge in [0.05, 0.1) is 0 Å². The Morgan fingerprint density at radius 2 is 1.57 bits per heavy atom. The zero-order valence-corrected chi connectivity index (χ0v) is 16.5. The lowest BCUT2D eigenvalue weighted by Gasteiger charge is -2.36. The number of carbonyl (C=O) groups is 1. The standard InChI is InChI=1S/C25H27NO2/c1-20(16-24(27)28)25(2)15-9-14-23(17-25)26(18-21-10-5-3-6-11-21)19-22-12-7-4-8-13-22/h3-16H,17-19H2,1-2H3,(H,27,28)/b20-16+. The predicted molar refractivity (Wildman–Crippen MR) is 113 cm³/mol. The van der Waals surface area contributed by atoms with Gasteiger partial charge in [0.2, 0.25) is 0 Å². The average molecular weight is 373 g/mol. The summed E-state index contributed by atoms with van der Waals surface area (Å²) in [5.41, 5.74) is 4.30. The highest BCUT2D eigenvalue weighted by atomic mass is 16.4. The predicted octanol–water partition coefficient (Wildman–Crippen LogP) is 5.57. The van der Waals surface area contributed by atoms with E-state index in [1.807, 2.05) is 19.1 Å². The highest BCUT2D eigenvalue weighted by Crippen LogP contribution is 2.39. The van der Waals surface area contributed by atoms with Crippen molar-refractivity contribution in [2.75, 3.05) is 0 Å². The molecule has 1 atom stereocenters. The molecule has 1 unspecified atom stereocenters. The zero-order chi connectivity index (χ0) is 20.0. The number of allylic oxidation sites excluding steroid dienone is 5. The molecule has 0 saturated carbocycles. The molecule has 0 amide bonds. The summed E-state index contributed by atoms with van der Waals surface area (Å²) in [4.78, 5) is 13.6. The van der Waals surface area contributed by atoms with Crippen LogP contribution in [0, 0.1) is 5.41 Å². The minimum atomic E-state index is -0.895. The van der Waals surface area contributed by atoms with Crippen molar-refractivity contribution in [1.29, 1.82) is 0 Å². The van der Waals surface area contributed by atoms with Gasteiger partial charge in [-0.05, 0) is 30.5 Å². The first-order valence-electron chi connectivity index (χ1n) is 9.59. The van der Waals surface area contributed by atoms with Crippen molar-refractivity contribution in [1.82, 2.24) is 4.90 Å². The minimum Gasteiger partial charge on any atom is -0.478 e. The fraction of sp³-hybridized carbons (Fsp3) is 0.240. The van der Waals surface area contributed by atoms with Crippen molar-refractivity contribution >= 4 is 5.97 Å². The molecule has 28 heavy (non-hydrogen) atoms. The van der Waals surface area contributed by atoms with E-state index in [-0.39, 0.29) is 5.41 Å². The summed E-state index contributed by atoms with van der Waals surface area (Å²) in [6.45, 7) is 5.63. The third kappa shape index (κ3) is 5.01. The average Bonchev–Trinajstić information content (AvgIpc) is 2.69. The molecular formula is C25H27NO2. The van der Waals surface area contributed by atoms with Crippen LogP contribution in [0.5, 0.6) is 0 Å². The number of rotatable bonds is 7. The summed E-state index contributed by atoms with van der Waals surface area (Å²) in [6, 6.07) is 20.9. The summed E-state index contributed by atoms with van der Waals surface area (Å²) in [7, 11) is 0. The monoisotopic (exact) mass is 373 g/mol. The molecule has 1 aliphatic rings. The molecule has 2 aromatic carbocycles. The first kappa shape index (κ1) is 19.7. The number of hydrogen-bond acceptors (Lipinski definition) is 2. The summed E-state index contributed by atoms with van der Waals surface area (Å²) < 4.78 is 0. The van der Waals surface area contributed by atoms with Gasteiger partial charge in [-0.2, -0.15) is 0 Å². The van der Waals surface area contributed by atoms with Gasteiger partial charge in [0, 0.05) is 30.3 Å². The number of benzene rings is 2. The van der Waals surface area contributed by atoms with Crippen LogP contribution in [0.1, 0.15) is 31.4 Å². The molecule has 1 N–H and O–H groups in total. The minimum absolute atomic E-state index is 0.298. The van der Waals surface area contributed by atoms with Crippen LogP contribution in [-0.2, 0) is 17.9 Å². The Morgan fingerprint density at radius 3 is 2.07 bits per heavy atom. The van der Waals surface area contributed by atoms with Crippen LogP contribution in [0.3, 0.4) is 0 Å². The zero-order valence-electron chi connectivity index (χ0n) is 16.5. The van der Waals surface area contributed by atoms with Gasteiger partial charge < -0.3 is 10.0 Å². The van der Waals surface area contributed by atoms with Crippen molar-refractivity contribution in [2.45, 2.75) is 33.4 Å². The van der Waals surface area contributed by atoms with E-state index in [0.717, 1.165) is 25.1 Å². The van der Waals surface area contributed by atoms with E-state index in [1.165, 1.54) is 22.9 Å². The van der Waals surface area contributed by atoms with Gasteiger partial charge in [-0.15, -0.1) is 0 Å². The second kappa shape index (κ2) is 8.75. The van der Waals surface area contributed by atoms with Crippen LogP contribution < -0.4 is 0 Å². The molecule has 3 nitrogen and oxygen atoms in total. The van der Waals surface area contributed by atoms with E-state index in [4.69, 9.17) is 5.11 Å². The molecular weight excluding hydrogens is 346 g/mol. The molecule has 0 radical (unpaired) electrons. The second-order valence-electron chi connectivity index (χ2n) is 7.60. The van der Waals surface area contributed by atoms with Gasteiger partial charge >= 0.3 is 5.97 Å². The van der Waals surface area contributed by atoms with Crippen LogP contribution in [0.25, 0.3) is 0 Å². The third-order valence-corrected chi connectivity index (χ3v) is 5.38. The number of nitrogens with zero attached hydrogens (tertiary/aromatic N) is 1. The number of aliphatic carboxylic acids is 1. The van der Waals surface area contributed by atoms with Crippen molar-refractivity contribution in [3.8, 4) is 0 Å². The number of carboxylic acid groups (broad SMARTS) is 1. The summed E-state index contributed by atoms with van der Waals surface area (Å²) in [5.74, 6) is -0.895. The van der Waals surface area contributed by atoms with Gasteiger partial charge in [-0.3, -0.25) is 0 Å². The molecule has 0 saturated heterocycles. The summed E-state index contributed by atoms with van der Waals surface area (Å²) in [6.07, 6.45) is 8.42. The van der Waals surface area contributed by atoms with Crippen LogP contribution in [-0.4, -0.2) is 16.0 Å². The Balaban J connectivity index is 1.88. The van der Waals surface area contributed by atoms with Crippen LogP contribution >= 0.6 is 0 Å². The van der Waals surface area contributed by atoms with E-state index in [2.05, 4.69) is 78.6 Å². The topological polar surface area (TPSA) is 40.5 Å². The quantitative estimate of drug-likeness (QED) is 0.645. The van der Waals surface area contributed by atoms with Crippen molar-refractivity contribution in [3.63, 3.8) is 0 Å². The molecule has 3 heteroatoms. The third-order valence-electron chi connectivity index (χ3n) is 5.38. The van der Waals surface area contributed by atoms with Gasteiger partial charge in [0.25, 0.3) is 0 Å². The molecule has 0 aliphatic heterocycles. The molecule has 0 bridgehead atoms. The largest absolute Gasteiger partial charge is 0.478 e. The van der Waals surface area contributed by atoms with E-state index >= 15 is 0 Å². The summed E-state index contributed by atoms with van der Waals surface area (Å²) in [5, 5.41) is 9.17. The number of carboxylic acids is 1. The Kier molecular flexibility index (Phi) is 6.15. The SMILES string of the molecule is C/C(=C\C(=O)O)C1(C)C=CC=C(N(Cc2ccccc2)Cc2ccccc2)C1. The first-order chi connectivity index (χ1) is 13.5. The second-order valence-corrected chi connectivity index (χ2v) is 7.60. The number of hydrogen-bond donors (Lipinski definition) is 1. The smallest absolute Gasteiger partial charge is 0.328 e. The van der Waals surface area contributed by atoms with Gasteiger partial charge in [0.1, 0.15) is 0 Å². The van der Waals surface area contributed by atoms with Crippen LogP contribution in [0.2, 0.25) is 0 Å². The first-order valence-corrected chi connectivity index (χ1v) is 9.59. The molecule has 1 aliphatic carbocycles. The molecule has 0 spiro atoms. The fourth-order valence-electron chi connectivity index (χ4n) is 3.57. The summed E-state index contributed by atoms with van der Waals surface area (Å²) >= 11 is 0. The van der Waals surface area contributed by atoms with Gasteiger partial charge in [-0.1, -0.05) is 85.3 Å². The fourth-order valence-corrected chi connectivity index (χ4v) is 3.57. The molecule has 144 valence electrons. The van der Waals surface area contributed by atoms with E-state index in [1.54, 1.807) is 0 Å². The maximum Gasteiger partial charge on any atom is 0.328 e. The maximum atomic E-state index is 11.2.